The molecule has 0 saturated carbocycles. The van der Waals surface area contributed by atoms with Crippen molar-refractivity contribution in [3.8, 4) is 29.2 Å². The molecule has 2 nitrogen and oxygen atoms in total. The van der Waals surface area contributed by atoms with Gasteiger partial charge >= 0.3 is 0 Å². The molecule has 0 aliphatic heterocycles. The van der Waals surface area contributed by atoms with Crippen molar-refractivity contribution in [1.82, 2.24) is 0 Å². The van der Waals surface area contributed by atoms with E-state index in [0.29, 0.717) is 19.8 Å². The second-order valence-corrected chi connectivity index (χ2v) is 5.36. The number of benzene rings is 2. The summed E-state index contributed by atoms with van der Waals surface area (Å²) in [7, 11) is 0. The zero-order valence-electron chi connectivity index (χ0n) is 13.3. The molecule has 2 heteroatoms. The Hall–Kier alpha value is -2.24. The Bertz CT molecular complexity index is 615. The predicted molar refractivity (Wildman–Crippen MR) is 91.1 cm³/mol. The van der Waals surface area contributed by atoms with E-state index in [1.54, 1.807) is 0 Å². The van der Waals surface area contributed by atoms with Crippen LogP contribution in [-0.4, -0.2) is 19.8 Å². The van der Waals surface area contributed by atoms with Crippen LogP contribution < -0.4 is 4.74 Å². The van der Waals surface area contributed by atoms with Crippen LogP contribution in [0.3, 0.4) is 0 Å². The van der Waals surface area contributed by atoms with Gasteiger partial charge < -0.3 is 9.47 Å². The first-order valence-corrected chi connectivity index (χ1v) is 7.52. The highest BCUT2D eigenvalue weighted by Gasteiger charge is 2.01. The lowest BCUT2D eigenvalue weighted by molar-refractivity contribution is 0.147. The van der Waals surface area contributed by atoms with E-state index in [-0.39, 0.29) is 0 Å². The minimum absolute atomic E-state index is 0.366. The van der Waals surface area contributed by atoms with E-state index in [4.69, 9.17) is 15.9 Å². The molecular formula is C20H22O2. The third kappa shape index (κ3) is 4.95. The average molecular weight is 294 g/mol. The van der Waals surface area contributed by atoms with Crippen molar-refractivity contribution in [3.63, 3.8) is 0 Å². The van der Waals surface area contributed by atoms with Gasteiger partial charge in [-0.15, -0.1) is 6.42 Å². The Kier molecular flexibility index (Phi) is 6.06. The molecule has 0 aliphatic carbocycles. The Balaban J connectivity index is 1.89. The summed E-state index contributed by atoms with van der Waals surface area (Å²) < 4.78 is 10.9. The smallest absolute Gasteiger partial charge is 0.119 e. The van der Waals surface area contributed by atoms with E-state index in [2.05, 4.69) is 50.1 Å². The zero-order chi connectivity index (χ0) is 15.8. The van der Waals surface area contributed by atoms with Gasteiger partial charge in [0, 0.05) is 6.42 Å². The molecule has 2 aromatic rings. The number of rotatable bonds is 7. The first-order chi connectivity index (χ1) is 10.7. The van der Waals surface area contributed by atoms with Crippen molar-refractivity contribution in [3.05, 3.63) is 53.6 Å². The van der Waals surface area contributed by atoms with Crippen molar-refractivity contribution >= 4 is 0 Å². The van der Waals surface area contributed by atoms with Crippen LogP contribution in [0.25, 0.3) is 11.1 Å². The maximum Gasteiger partial charge on any atom is 0.119 e. The molecule has 0 N–H and O–H groups in total. The lowest BCUT2D eigenvalue weighted by Crippen LogP contribution is -2.03. The molecule has 22 heavy (non-hydrogen) atoms. The Labute approximate surface area is 133 Å². The summed E-state index contributed by atoms with van der Waals surface area (Å²) in [6, 6.07) is 14.8. The van der Waals surface area contributed by atoms with E-state index in [1.165, 1.54) is 22.3 Å². The van der Waals surface area contributed by atoms with Crippen LogP contribution in [0.4, 0.5) is 0 Å². The van der Waals surface area contributed by atoms with Crippen LogP contribution in [0.2, 0.25) is 0 Å². The van der Waals surface area contributed by atoms with Crippen LogP contribution >= 0.6 is 0 Å². The van der Waals surface area contributed by atoms with Gasteiger partial charge in [-0.2, -0.15) is 0 Å². The molecule has 0 bridgehead atoms. The maximum atomic E-state index is 5.69. The molecule has 0 saturated heterocycles. The summed E-state index contributed by atoms with van der Waals surface area (Å²) in [5, 5.41) is 0. The van der Waals surface area contributed by atoms with Gasteiger partial charge in [-0.05, 0) is 37.1 Å². The molecule has 0 amide bonds. The summed E-state index contributed by atoms with van der Waals surface area (Å²) in [5.74, 6) is 3.32. The summed E-state index contributed by atoms with van der Waals surface area (Å²) in [6.07, 6.45) is 5.94. The lowest BCUT2D eigenvalue weighted by atomic mass is 10.0. The third-order valence-corrected chi connectivity index (χ3v) is 3.30. The van der Waals surface area contributed by atoms with Gasteiger partial charge in [0.1, 0.15) is 12.4 Å². The SMILES string of the molecule is C#CCOCCCOc1ccc(-c2cc(C)cc(C)c2)cc1. The normalized spacial score (nSPS) is 10.2. The predicted octanol–water partition coefficient (Wildman–Crippen LogP) is 4.39. The highest BCUT2D eigenvalue weighted by atomic mass is 16.5. The number of terminal acetylenes is 1. The average Bonchev–Trinajstić information content (AvgIpc) is 2.50. The summed E-state index contributed by atoms with van der Waals surface area (Å²) in [6.45, 7) is 5.87. The maximum absolute atomic E-state index is 5.69. The quantitative estimate of drug-likeness (QED) is 0.557. The van der Waals surface area contributed by atoms with Gasteiger partial charge in [0.15, 0.2) is 0 Å². The number of hydrogen-bond donors (Lipinski definition) is 0. The van der Waals surface area contributed by atoms with Crippen molar-refractivity contribution < 1.29 is 9.47 Å². The van der Waals surface area contributed by atoms with Crippen LogP contribution in [0, 0.1) is 26.2 Å². The van der Waals surface area contributed by atoms with Gasteiger partial charge in [0.2, 0.25) is 0 Å². The molecule has 0 aliphatic rings. The van der Waals surface area contributed by atoms with Gasteiger partial charge in [-0.1, -0.05) is 47.4 Å². The Morgan fingerprint density at radius 1 is 0.909 bits per heavy atom. The second-order valence-electron chi connectivity index (χ2n) is 5.36. The Morgan fingerprint density at radius 3 is 2.23 bits per heavy atom. The minimum Gasteiger partial charge on any atom is -0.494 e. The molecule has 114 valence electrons. The van der Waals surface area contributed by atoms with Crippen LogP contribution in [-0.2, 0) is 4.74 Å². The van der Waals surface area contributed by atoms with Crippen LogP contribution in [0.5, 0.6) is 5.75 Å². The fourth-order valence-electron chi connectivity index (χ4n) is 2.37. The summed E-state index contributed by atoms with van der Waals surface area (Å²) in [4.78, 5) is 0. The van der Waals surface area contributed by atoms with Crippen LogP contribution in [0.1, 0.15) is 17.5 Å². The molecule has 0 atom stereocenters. The largest absolute Gasteiger partial charge is 0.494 e. The number of ether oxygens (including phenoxy) is 2. The minimum atomic E-state index is 0.366. The van der Waals surface area contributed by atoms with Gasteiger partial charge in [0.25, 0.3) is 0 Å². The van der Waals surface area contributed by atoms with Gasteiger partial charge in [0.05, 0.1) is 13.2 Å². The fourth-order valence-corrected chi connectivity index (χ4v) is 2.37. The number of hydrogen-bond acceptors (Lipinski definition) is 2. The van der Waals surface area contributed by atoms with E-state index in [1.807, 2.05) is 12.1 Å². The monoisotopic (exact) mass is 294 g/mol. The zero-order valence-corrected chi connectivity index (χ0v) is 13.3. The molecule has 0 spiro atoms. The van der Waals surface area contributed by atoms with Crippen molar-refractivity contribution in [1.29, 1.82) is 0 Å². The molecule has 0 unspecified atom stereocenters. The molecular weight excluding hydrogens is 272 g/mol. The molecule has 2 rings (SSSR count). The fraction of sp³-hybridized carbons (Fsp3) is 0.300. The third-order valence-electron chi connectivity index (χ3n) is 3.30. The molecule has 0 heterocycles. The first-order valence-electron chi connectivity index (χ1n) is 7.52. The summed E-state index contributed by atoms with van der Waals surface area (Å²) >= 11 is 0. The molecule has 2 aromatic carbocycles. The van der Waals surface area contributed by atoms with E-state index < -0.39 is 0 Å². The van der Waals surface area contributed by atoms with Crippen LogP contribution in [0.15, 0.2) is 42.5 Å². The van der Waals surface area contributed by atoms with Gasteiger partial charge in [-0.25, -0.2) is 0 Å². The first kappa shape index (κ1) is 16.1. The van der Waals surface area contributed by atoms with Crippen molar-refractivity contribution in [2.45, 2.75) is 20.3 Å². The number of aryl methyl sites for hydroxylation is 2. The topological polar surface area (TPSA) is 18.5 Å². The van der Waals surface area contributed by atoms with E-state index >= 15 is 0 Å². The Morgan fingerprint density at radius 2 is 1.59 bits per heavy atom. The molecule has 0 fully saturated rings. The van der Waals surface area contributed by atoms with E-state index in [0.717, 1.165) is 12.2 Å². The second kappa shape index (κ2) is 8.26. The highest BCUT2D eigenvalue weighted by Crippen LogP contribution is 2.24. The van der Waals surface area contributed by atoms with Crippen molar-refractivity contribution in [2.75, 3.05) is 19.8 Å². The van der Waals surface area contributed by atoms with Crippen molar-refractivity contribution in [2.24, 2.45) is 0 Å². The molecule has 0 aromatic heterocycles. The van der Waals surface area contributed by atoms with E-state index in [9.17, 15) is 0 Å². The lowest BCUT2D eigenvalue weighted by Gasteiger charge is -2.08. The molecule has 0 radical (unpaired) electrons. The standard InChI is InChI=1S/C20H22O2/c1-4-10-21-11-5-12-22-20-8-6-18(7-9-20)19-14-16(2)13-17(3)15-19/h1,6-9,13-15H,5,10-12H2,2-3H3. The summed E-state index contributed by atoms with van der Waals surface area (Å²) in [5.41, 5.74) is 5.01. The highest BCUT2D eigenvalue weighted by molar-refractivity contribution is 5.65. The van der Waals surface area contributed by atoms with Gasteiger partial charge in [-0.3, -0.25) is 0 Å².